The van der Waals surface area contributed by atoms with Crippen molar-refractivity contribution in [2.45, 2.75) is 51.7 Å². The van der Waals surface area contributed by atoms with E-state index >= 15 is 0 Å². The van der Waals surface area contributed by atoms with Crippen LogP contribution in [-0.2, 0) is 13.1 Å². The lowest BCUT2D eigenvalue weighted by Gasteiger charge is -2.21. The molecular formula is C17H24N2O. The van der Waals surface area contributed by atoms with E-state index in [4.69, 9.17) is 10.2 Å². The van der Waals surface area contributed by atoms with Gasteiger partial charge in [-0.3, -0.25) is 4.90 Å². The lowest BCUT2D eigenvalue weighted by atomic mass is 10.1. The van der Waals surface area contributed by atoms with Crippen LogP contribution in [0.15, 0.2) is 28.7 Å². The molecule has 1 aliphatic rings. The third kappa shape index (κ3) is 2.74. The number of fused-ring (bicyclic) bond motifs is 1. The summed E-state index contributed by atoms with van der Waals surface area (Å²) in [7, 11) is 0. The van der Waals surface area contributed by atoms with E-state index in [0.29, 0.717) is 6.54 Å². The average Bonchev–Trinajstić information content (AvgIpc) is 3.26. The molecule has 1 heterocycles. The first kappa shape index (κ1) is 13.7. The fraction of sp³-hybridized carbons (Fsp3) is 0.529. The van der Waals surface area contributed by atoms with Crippen LogP contribution >= 0.6 is 0 Å². The van der Waals surface area contributed by atoms with Crippen molar-refractivity contribution in [3.63, 3.8) is 0 Å². The number of hydrogen-bond acceptors (Lipinski definition) is 3. The first-order chi connectivity index (χ1) is 9.83. The Morgan fingerprint density at radius 1 is 1.30 bits per heavy atom. The van der Waals surface area contributed by atoms with Crippen LogP contribution in [0.1, 0.15) is 43.9 Å². The molecule has 0 unspecified atom stereocenters. The third-order valence-corrected chi connectivity index (χ3v) is 4.19. The Balaban J connectivity index is 1.87. The quantitative estimate of drug-likeness (QED) is 0.836. The van der Waals surface area contributed by atoms with Crippen molar-refractivity contribution in [2.75, 3.05) is 6.54 Å². The monoisotopic (exact) mass is 272 g/mol. The summed E-state index contributed by atoms with van der Waals surface area (Å²) in [6.07, 6.45) is 5.21. The number of unbranched alkanes of at least 4 members (excludes halogenated alkanes) is 1. The van der Waals surface area contributed by atoms with Crippen molar-refractivity contribution in [3.8, 4) is 0 Å². The second-order valence-electron chi connectivity index (χ2n) is 5.76. The highest BCUT2D eigenvalue weighted by atomic mass is 16.3. The predicted octanol–water partition coefficient (Wildman–Crippen LogP) is 3.66. The van der Waals surface area contributed by atoms with Gasteiger partial charge in [0.2, 0.25) is 0 Å². The number of rotatable bonds is 7. The van der Waals surface area contributed by atoms with Gasteiger partial charge >= 0.3 is 0 Å². The van der Waals surface area contributed by atoms with E-state index < -0.39 is 0 Å². The van der Waals surface area contributed by atoms with Crippen LogP contribution in [0.4, 0.5) is 0 Å². The van der Waals surface area contributed by atoms with Crippen LogP contribution in [0, 0.1) is 0 Å². The zero-order chi connectivity index (χ0) is 13.9. The van der Waals surface area contributed by atoms with Crippen molar-refractivity contribution in [1.29, 1.82) is 0 Å². The van der Waals surface area contributed by atoms with E-state index in [1.165, 1.54) is 43.2 Å². The Morgan fingerprint density at radius 3 is 2.80 bits per heavy atom. The molecule has 0 saturated heterocycles. The topological polar surface area (TPSA) is 42.4 Å². The molecule has 0 radical (unpaired) electrons. The largest absolute Gasteiger partial charge is 0.459 e. The van der Waals surface area contributed by atoms with Gasteiger partial charge in [-0.25, -0.2) is 0 Å². The minimum Gasteiger partial charge on any atom is -0.459 e. The molecule has 1 fully saturated rings. The van der Waals surface area contributed by atoms with Gasteiger partial charge in [0, 0.05) is 23.5 Å². The molecule has 108 valence electrons. The number of furan rings is 1. The Hall–Kier alpha value is -1.32. The van der Waals surface area contributed by atoms with Gasteiger partial charge in [-0.1, -0.05) is 31.5 Å². The second-order valence-corrected chi connectivity index (χ2v) is 5.76. The van der Waals surface area contributed by atoms with E-state index in [2.05, 4.69) is 24.0 Å². The van der Waals surface area contributed by atoms with Crippen LogP contribution in [-0.4, -0.2) is 17.5 Å². The zero-order valence-corrected chi connectivity index (χ0v) is 12.3. The summed E-state index contributed by atoms with van der Waals surface area (Å²) in [6, 6.07) is 9.06. The van der Waals surface area contributed by atoms with Crippen LogP contribution in [0.2, 0.25) is 0 Å². The maximum Gasteiger partial charge on any atom is 0.134 e. The van der Waals surface area contributed by atoms with E-state index in [1.807, 2.05) is 12.1 Å². The first-order valence-corrected chi connectivity index (χ1v) is 7.77. The predicted molar refractivity (Wildman–Crippen MR) is 82.4 cm³/mol. The number of nitrogens with zero attached hydrogens (tertiary/aromatic N) is 1. The van der Waals surface area contributed by atoms with Crippen molar-refractivity contribution in [2.24, 2.45) is 5.73 Å². The van der Waals surface area contributed by atoms with E-state index in [0.717, 1.165) is 23.9 Å². The van der Waals surface area contributed by atoms with Crippen molar-refractivity contribution < 1.29 is 4.42 Å². The van der Waals surface area contributed by atoms with Crippen LogP contribution in [0.25, 0.3) is 11.0 Å². The summed E-state index contributed by atoms with van der Waals surface area (Å²) >= 11 is 0. The Kier molecular flexibility index (Phi) is 4.08. The SMILES string of the molecule is CCCCN(Cc1c(CN)oc2ccccc12)C1CC1. The fourth-order valence-electron chi connectivity index (χ4n) is 2.88. The molecule has 0 atom stereocenters. The molecule has 1 aromatic carbocycles. The molecule has 1 aromatic heterocycles. The highest BCUT2D eigenvalue weighted by molar-refractivity contribution is 5.82. The summed E-state index contributed by atoms with van der Waals surface area (Å²) in [5.74, 6) is 0.952. The molecule has 1 saturated carbocycles. The lowest BCUT2D eigenvalue weighted by Crippen LogP contribution is -2.27. The van der Waals surface area contributed by atoms with Gasteiger partial charge in [-0.05, 0) is 31.9 Å². The molecule has 3 rings (SSSR count). The number of hydrogen-bond donors (Lipinski definition) is 1. The van der Waals surface area contributed by atoms with Crippen LogP contribution in [0.3, 0.4) is 0 Å². The van der Waals surface area contributed by atoms with E-state index in [1.54, 1.807) is 0 Å². The smallest absolute Gasteiger partial charge is 0.134 e. The minimum atomic E-state index is 0.482. The van der Waals surface area contributed by atoms with Crippen LogP contribution in [0.5, 0.6) is 0 Å². The third-order valence-electron chi connectivity index (χ3n) is 4.19. The first-order valence-electron chi connectivity index (χ1n) is 7.77. The van der Waals surface area contributed by atoms with Gasteiger partial charge in [-0.15, -0.1) is 0 Å². The Morgan fingerprint density at radius 2 is 2.10 bits per heavy atom. The van der Waals surface area contributed by atoms with Gasteiger partial charge < -0.3 is 10.2 Å². The van der Waals surface area contributed by atoms with E-state index in [9.17, 15) is 0 Å². The molecule has 2 N–H and O–H groups in total. The normalized spacial score (nSPS) is 15.3. The lowest BCUT2D eigenvalue weighted by molar-refractivity contribution is 0.249. The molecule has 3 nitrogen and oxygen atoms in total. The second kappa shape index (κ2) is 5.98. The molecule has 0 spiro atoms. The van der Waals surface area contributed by atoms with Gasteiger partial charge in [-0.2, -0.15) is 0 Å². The summed E-state index contributed by atoms with van der Waals surface area (Å²) in [5.41, 5.74) is 8.13. The van der Waals surface area contributed by atoms with Crippen molar-refractivity contribution in [1.82, 2.24) is 4.90 Å². The van der Waals surface area contributed by atoms with E-state index in [-0.39, 0.29) is 0 Å². The summed E-state index contributed by atoms with van der Waals surface area (Å²) in [5, 5.41) is 1.23. The summed E-state index contributed by atoms with van der Waals surface area (Å²) in [4.78, 5) is 2.61. The molecule has 20 heavy (non-hydrogen) atoms. The molecule has 3 heteroatoms. The standard InChI is InChI=1S/C17H24N2O/c1-2-3-10-19(13-8-9-13)12-15-14-6-4-5-7-16(14)20-17(15)11-18/h4-7,13H,2-3,8-12,18H2,1H3. The number of benzene rings is 1. The van der Waals surface area contributed by atoms with Gasteiger partial charge in [0.15, 0.2) is 0 Å². The number of para-hydroxylation sites is 1. The van der Waals surface area contributed by atoms with Gasteiger partial charge in [0.05, 0.1) is 6.54 Å². The molecule has 2 aromatic rings. The average molecular weight is 272 g/mol. The highest BCUT2D eigenvalue weighted by Gasteiger charge is 2.29. The van der Waals surface area contributed by atoms with Crippen molar-refractivity contribution in [3.05, 3.63) is 35.6 Å². The number of nitrogens with two attached hydrogens (primary N) is 1. The maximum atomic E-state index is 5.90. The molecule has 0 amide bonds. The van der Waals surface area contributed by atoms with Crippen LogP contribution < -0.4 is 5.73 Å². The maximum absolute atomic E-state index is 5.90. The molecule has 1 aliphatic carbocycles. The zero-order valence-electron chi connectivity index (χ0n) is 12.3. The van der Waals surface area contributed by atoms with Crippen molar-refractivity contribution >= 4 is 11.0 Å². The molecular weight excluding hydrogens is 248 g/mol. The summed E-state index contributed by atoms with van der Waals surface area (Å²) < 4.78 is 5.90. The van der Waals surface area contributed by atoms with Gasteiger partial charge in [0.25, 0.3) is 0 Å². The fourth-order valence-corrected chi connectivity index (χ4v) is 2.88. The summed E-state index contributed by atoms with van der Waals surface area (Å²) in [6.45, 7) is 4.90. The molecule has 0 aliphatic heterocycles. The Labute approximate surface area is 120 Å². The van der Waals surface area contributed by atoms with Gasteiger partial charge in [0.1, 0.15) is 11.3 Å². The Bertz CT molecular complexity index is 571. The highest BCUT2D eigenvalue weighted by Crippen LogP contribution is 2.32. The minimum absolute atomic E-state index is 0.482. The molecule has 0 bridgehead atoms.